The highest BCUT2D eigenvalue weighted by atomic mass is 19.1. The molecule has 0 unspecified atom stereocenters. The standard InChI is InChI=1S/C10H15FN4O4/c11-6-7(17)5(3-16)19-9(6)15-2-4(1-12)8(13)14-10(15)18/h2,5-7,9,16-17H,1,3,12H2,(H2,13,14,18)/t5-,6-,7-,9-/m1/s1. The molecule has 1 aromatic heterocycles. The van der Waals surface area contributed by atoms with Crippen LogP contribution in [0.5, 0.6) is 0 Å². The van der Waals surface area contributed by atoms with E-state index in [1.807, 2.05) is 0 Å². The van der Waals surface area contributed by atoms with Crippen LogP contribution in [0.25, 0.3) is 0 Å². The number of anilines is 1. The number of hydrogen-bond acceptors (Lipinski definition) is 7. The van der Waals surface area contributed by atoms with Crippen LogP contribution in [0.1, 0.15) is 11.8 Å². The molecule has 2 heterocycles. The molecule has 6 N–H and O–H groups in total. The van der Waals surface area contributed by atoms with E-state index in [-0.39, 0.29) is 12.4 Å². The first kappa shape index (κ1) is 13.9. The second-order valence-electron chi connectivity index (χ2n) is 4.23. The summed E-state index contributed by atoms with van der Waals surface area (Å²) in [5.41, 5.74) is 10.5. The molecule has 106 valence electrons. The molecule has 1 aliphatic rings. The van der Waals surface area contributed by atoms with E-state index in [0.717, 1.165) is 4.57 Å². The summed E-state index contributed by atoms with van der Waals surface area (Å²) in [6.45, 7) is -0.534. The van der Waals surface area contributed by atoms with E-state index < -0.39 is 36.9 Å². The highest BCUT2D eigenvalue weighted by molar-refractivity contribution is 5.36. The Labute approximate surface area is 107 Å². The Morgan fingerprint density at radius 1 is 1.58 bits per heavy atom. The number of aliphatic hydroxyl groups excluding tert-OH is 2. The first-order valence-corrected chi connectivity index (χ1v) is 5.65. The number of nitrogens with zero attached hydrogens (tertiary/aromatic N) is 2. The second kappa shape index (κ2) is 5.21. The maximum atomic E-state index is 13.9. The molecule has 1 saturated heterocycles. The number of nitrogen functional groups attached to an aromatic ring is 1. The van der Waals surface area contributed by atoms with Crippen molar-refractivity contribution in [3.05, 3.63) is 22.2 Å². The van der Waals surface area contributed by atoms with Gasteiger partial charge in [0.2, 0.25) is 0 Å². The van der Waals surface area contributed by atoms with Crippen LogP contribution in [-0.2, 0) is 11.3 Å². The van der Waals surface area contributed by atoms with Gasteiger partial charge in [0.1, 0.15) is 18.0 Å². The molecule has 1 aromatic rings. The largest absolute Gasteiger partial charge is 0.394 e. The molecule has 0 saturated carbocycles. The van der Waals surface area contributed by atoms with Crippen molar-refractivity contribution >= 4 is 5.82 Å². The van der Waals surface area contributed by atoms with Gasteiger partial charge in [0, 0.05) is 18.3 Å². The predicted octanol–water partition coefficient (Wildman–Crippen LogP) is -2.13. The third-order valence-electron chi connectivity index (χ3n) is 3.03. The van der Waals surface area contributed by atoms with Gasteiger partial charge in [0.05, 0.1) is 6.61 Å². The molecule has 0 radical (unpaired) electrons. The zero-order valence-corrected chi connectivity index (χ0v) is 9.94. The zero-order chi connectivity index (χ0) is 14.2. The van der Waals surface area contributed by atoms with Crippen LogP contribution >= 0.6 is 0 Å². The SMILES string of the molecule is NCc1cn([C@@H]2O[C@H](CO)[C@@H](O)[C@H]2F)c(=O)nc1N. The molecular formula is C10H15FN4O4. The number of alkyl halides is 1. The minimum absolute atomic E-state index is 0.0226. The maximum Gasteiger partial charge on any atom is 0.351 e. The Morgan fingerprint density at radius 2 is 2.26 bits per heavy atom. The van der Waals surface area contributed by atoms with E-state index >= 15 is 0 Å². The van der Waals surface area contributed by atoms with Crippen LogP contribution < -0.4 is 17.2 Å². The molecule has 19 heavy (non-hydrogen) atoms. The molecule has 4 atom stereocenters. The molecule has 0 aliphatic carbocycles. The van der Waals surface area contributed by atoms with Crippen LogP contribution in [0.15, 0.2) is 11.0 Å². The van der Waals surface area contributed by atoms with E-state index in [9.17, 15) is 14.3 Å². The molecule has 0 amide bonds. The molecular weight excluding hydrogens is 259 g/mol. The lowest BCUT2D eigenvalue weighted by Gasteiger charge is -2.17. The van der Waals surface area contributed by atoms with Gasteiger partial charge in [-0.3, -0.25) is 4.57 Å². The number of hydrogen-bond donors (Lipinski definition) is 4. The van der Waals surface area contributed by atoms with Crippen molar-refractivity contribution in [2.45, 2.75) is 31.2 Å². The van der Waals surface area contributed by atoms with Gasteiger partial charge >= 0.3 is 5.69 Å². The third-order valence-corrected chi connectivity index (χ3v) is 3.03. The van der Waals surface area contributed by atoms with Crippen LogP contribution in [0.4, 0.5) is 10.2 Å². The van der Waals surface area contributed by atoms with Crippen molar-refractivity contribution in [2.24, 2.45) is 5.73 Å². The van der Waals surface area contributed by atoms with Gasteiger partial charge in [-0.1, -0.05) is 0 Å². The topological polar surface area (TPSA) is 137 Å². The number of ether oxygens (including phenoxy) is 1. The third kappa shape index (κ3) is 2.32. The van der Waals surface area contributed by atoms with Crippen molar-refractivity contribution < 1.29 is 19.3 Å². The number of aliphatic hydroxyl groups is 2. The van der Waals surface area contributed by atoms with Crippen LogP contribution in [0, 0.1) is 0 Å². The van der Waals surface area contributed by atoms with Crippen molar-refractivity contribution in [3.63, 3.8) is 0 Å². The average Bonchev–Trinajstić information content (AvgIpc) is 2.67. The van der Waals surface area contributed by atoms with Crippen LogP contribution in [-0.4, -0.2) is 44.8 Å². The number of halogens is 1. The fourth-order valence-corrected chi connectivity index (χ4v) is 1.94. The molecule has 8 nitrogen and oxygen atoms in total. The minimum atomic E-state index is -1.86. The van der Waals surface area contributed by atoms with E-state index in [2.05, 4.69) is 4.98 Å². The fraction of sp³-hybridized carbons (Fsp3) is 0.600. The maximum absolute atomic E-state index is 13.9. The van der Waals surface area contributed by atoms with Gasteiger partial charge in [0.15, 0.2) is 12.4 Å². The molecule has 0 aromatic carbocycles. The summed E-state index contributed by atoms with van der Waals surface area (Å²) in [7, 11) is 0. The summed E-state index contributed by atoms with van der Waals surface area (Å²) >= 11 is 0. The Balaban J connectivity index is 2.40. The molecule has 0 spiro atoms. The lowest BCUT2D eigenvalue weighted by molar-refractivity contribution is -0.0491. The predicted molar refractivity (Wildman–Crippen MR) is 62.7 cm³/mol. The van der Waals surface area contributed by atoms with E-state index in [0.29, 0.717) is 5.56 Å². The van der Waals surface area contributed by atoms with E-state index in [4.69, 9.17) is 21.3 Å². The Bertz CT molecular complexity index is 523. The lowest BCUT2D eigenvalue weighted by Crippen LogP contribution is -2.34. The summed E-state index contributed by atoms with van der Waals surface area (Å²) in [5.74, 6) is -0.0311. The van der Waals surface area contributed by atoms with E-state index in [1.54, 1.807) is 0 Å². The highest BCUT2D eigenvalue weighted by Crippen LogP contribution is 2.30. The second-order valence-corrected chi connectivity index (χ2v) is 4.23. The van der Waals surface area contributed by atoms with Gasteiger partial charge in [-0.25, -0.2) is 9.18 Å². The normalized spacial score (nSPS) is 30.7. The molecule has 1 aliphatic heterocycles. The lowest BCUT2D eigenvalue weighted by atomic mass is 10.1. The first-order valence-electron chi connectivity index (χ1n) is 5.65. The molecule has 1 fully saturated rings. The van der Waals surface area contributed by atoms with Crippen molar-refractivity contribution in [1.29, 1.82) is 0 Å². The molecule has 9 heteroatoms. The summed E-state index contributed by atoms with van der Waals surface area (Å²) in [4.78, 5) is 15.2. The van der Waals surface area contributed by atoms with Crippen LogP contribution in [0.3, 0.4) is 0 Å². The Kier molecular flexibility index (Phi) is 3.80. The van der Waals surface area contributed by atoms with E-state index in [1.165, 1.54) is 6.20 Å². The van der Waals surface area contributed by atoms with Crippen molar-refractivity contribution in [2.75, 3.05) is 12.3 Å². The fourth-order valence-electron chi connectivity index (χ4n) is 1.94. The van der Waals surface area contributed by atoms with Crippen LogP contribution in [0.2, 0.25) is 0 Å². The van der Waals surface area contributed by atoms with Gasteiger partial charge in [0.25, 0.3) is 0 Å². The van der Waals surface area contributed by atoms with Gasteiger partial charge < -0.3 is 26.4 Å². The average molecular weight is 274 g/mol. The van der Waals surface area contributed by atoms with Gasteiger partial charge in [-0.2, -0.15) is 4.98 Å². The van der Waals surface area contributed by atoms with Gasteiger partial charge in [-0.05, 0) is 0 Å². The number of aromatic nitrogens is 2. The van der Waals surface area contributed by atoms with Crippen molar-refractivity contribution in [1.82, 2.24) is 9.55 Å². The summed E-state index contributed by atoms with van der Waals surface area (Å²) in [5, 5.41) is 18.5. The molecule has 0 bridgehead atoms. The van der Waals surface area contributed by atoms with Gasteiger partial charge in [-0.15, -0.1) is 0 Å². The monoisotopic (exact) mass is 274 g/mol. The zero-order valence-electron chi connectivity index (χ0n) is 9.94. The quantitative estimate of drug-likeness (QED) is 0.494. The summed E-state index contributed by atoms with van der Waals surface area (Å²) < 4.78 is 19.9. The Hall–Kier alpha value is -1.55. The summed E-state index contributed by atoms with van der Waals surface area (Å²) in [6, 6.07) is 0. The smallest absolute Gasteiger partial charge is 0.351 e. The molecule has 2 rings (SSSR count). The number of nitrogens with two attached hydrogens (primary N) is 2. The first-order chi connectivity index (χ1) is 8.99. The summed E-state index contributed by atoms with van der Waals surface area (Å²) in [6.07, 6.45) is -4.58. The number of rotatable bonds is 3. The highest BCUT2D eigenvalue weighted by Gasteiger charge is 2.45. The van der Waals surface area contributed by atoms with Crippen molar-refractivity contribution in [3.8, 4) is 0 Å². The minimum Gasteiger partial charge on any atom is -0.394 e. The Morgan fingerprint density at radius 3 is 2.79 bits per heavy atom.